The Hall–Kier alpha value is -1.83. The molecule has 2 nitrogen and oxygen atoms in total. The lowest BCUT2D eigenvalue weighted by Gasteiger charge is -2.04. The molecule has 0 aliphatic rings. The fourth-order valence-electron chi connectivity index (χ4n) is 1.68. The van der Waals surface area contributed by atoms with Crippen molar-refractivity contribution in [2.24, 2.45) is 0 Å². The highest BCUT2D eigenvalue weighted by Gasteiger charge is 2.01. The van der Waals surface area contributed by atoms with E-state index in [2.05, 4.69) is 31.3 Å². The van der Waals surface area contributed by atoms with Gasteiger partial charge in [0, 0.05) is 18.3 Å². The van der Waals surface area contributed by atoms with Crippen LogP contribution in [-0.2, 0) is 0 Å². The Bertz CT molecular complexity index is 478. The number of carbonyl (C=O) groups excluding carboxylic acids is 1. The van der Waals surface area contributed by atoms with Crippen LogP contribution < -0.4 is 5.32 Å². The normalized spacial score (nSPS) is 12.4. The van der Waals surface area contributed by atoms with Gasteiger partial charge in [0.2, 0.25) is 0 Å². The van der Waals surface area contributed by atoms with Crippen LogP contribution in [0.3, 0.4) is 0 Å². The van der Waals surface area contributed by atoms with Crippen LogP contribution in [0.5, 0.6) is 0 Å². The Labute approximate surface area is 109 Å². The largest absolute Gasteiger partial charge is 0.391 e. The lowest BCUT2D eigenvalue weighted by molar-refractivity contribution is 0.101. The molecule has 0 fully saturated rings. The van der Waals surface area contributed by atoms with Gasteiger partial charge in [-0.15, -0.1) is 0 Å². The van der Waals surface area contributed by atoms with Crippen molar-refractivity contribution in [3.05, 3.63) is 53.2 Å². The average molecular weight is 243 g/mol. The van der Waals surface area contributed by atoms with Crippen LogP contribution in [0.2, 0.25) is 0 Å². The van der Waals surface area contributed by atoms with E-state index < -0.39 is 0 Å². The maximum absolute atomic E-state index is 11.3. The number of ketones is 1. The molecule has 0 aliphatic carbocycles. The summed E-state index contributed by atoms with van der Waals surface area (Å²) in [6, 6.07) is 7.73. The minimum atomic E-state index is 0.102. The maximum atomic E-state index is 11.3. The van der Waals surface area contributed by atoms with E-state index in [9.17, 15) is 4.79 Å². The van der Waals surface area contributed by atoms with E-state index in [4.69, 9.17) is 0 Å². The van der Waals surface area contributed by atoms with Crippen molar-refractivity contribution < 1.29 is 4.79 Å². The quantitative estimate of drug-likeness (QED) is 0.629. The number of hydrogen-bond acceptors (Lipinski definition) is 2. The van der Waals surface area contributed by atoms with Crippen LogP contribution >= 0.6 is 0 Å². The molecule has 0 heterocycles. The van der Waals surface area contributed by atoms with Gasteiger partial charge in [0.1, 0.15) is 0 Å². The molecule has 1 N–H and O–H groups in total. The molecule has 0 amide bonds. The number of benzene rings is 1. The highest BCUT2D eigenvalue weighted by atomic mass is 16.1. The van der Waals surface area contributed by atoms with Crippen molar-refractivity contribution in [2.45, 2.75) is 27.2 Å². The van der Waals surface area contributed by atoms with Gasteiger partial charge in [0.25, 0.3) is 0 Å². The first-order chi connectivity index (χ1) is 8.58. The smallest absolute Gasteiger partial charge is 0.159 e. The number of hydrogen-bond donors (Lipinski definition) is 1. The van der Waals surface area contributed by atoms with E-state index in [0.717, 1.165) is 23.1 Å². The van der Waals surface area contributed by atoms with Crippen LogP contribution in [-0.4, -0.2) is 12.8 Å². The Morgan fingerprint density at radius 3 is 2.44 bits per heavy atom. The number of Topliss-reactive ketones (excluding diaryl/α,β-unsaturated/α-hetero) is 1. The zero-order chi connectivity index (χ0) is 13.5. The molecular formula is C16H21NO. The summed E-state index contributed by atoms with van der Waals surface area (Å²) in [6.07, 6.45) is 5.14. The van der Waals surface area contributed by atoms with Crippen LogP contribution in [0.4, 0.5) is 0 Å². The highest BCUT2D eigenvalue weighted by Crippen LogP contribution is 2.16. The Morgan fingerprint density at radius 1 is 1.22 bits per heavy atom. The second-order valence-corrected chi connectivity index (χ2v) is 4.28. The van der Waals surface area contributed by atoms with Gasteiger partial charge in [-0.25, -0.2) is 0 Å². The minimum absolute atomic E-state index is 0.102. The SMILES string of the molecule is CC/C(=C/C=C(/C)c1cccc(C(C)=O)c1)NC. The molecular weight excluding hydrogens is 222 g/mol. The lowest BCUT2D eigenvalue weighted by Crippen LogP contribution is -2.03. The fourth-order valence-corrected chi connectivity index (χ4v) is 1.68. The monoisotopic (exact) mass is 243 g/mol. The molecule has 1 aromatic carbocycles. The van der Waals surface area contributed by atoms with E-state index in [1.807, 2.05) is 31.3 Å². The van der Waals surface area contributed by atoms with E-state index in [-0.39, 0.29) is 5.78 Å². The zero-order valence-electron chi connectivity index (χ0n) is 11.6. The van der Waals surface area contributed by atoms with Crippen LogP contribution in [0.25, 0.3) is 5.57 Å². The Kier molecular flexibility index (Phi) is 5.37. The maximum Gasteiger partial charge on any atom is 0.159 e. The number of allylic oxidation sites excluding steroid dienone is 4. The molecule has 0 saturated carbocycles. The first-order valence-electron chi connectivity index (χ1n) is 6.25. The fraction of sp³-hybridized carbons (Fsp3) is 0.312. The molecule has 0 atom stereocenters. The molecule has 0 unspecified atom stereocenters. The molecule has 1 aromatic rings. The third-order valence-electron chi connectivity index (χ3n) is 2.96. The van der Waals surface area contributed by atoms with Crippen molar-refractivity contribution in [1.29, 1.82) is 0 Å². The molecule has 1 rings (SSSR count). The summed E-state index contributed by atoms with van der Waals surface area (Å²) in [6.45, 7) is 5.76. The summed E-state index contributed by atoms with van der Waals surface area (Å²) in [4.78, 5) is 11.3. The number of rotatable bonds is 5. The first-order valence-corrected chi connectivity index (χ1v) is 6.25. The van der Waals surface area contributed by atoms with Gasteiger partial charge in [-0.2, -0.15) is 0 Å². The van der Waals surface area contributed by atoms with Gasteiger partial charge < -0.3 is 5.32 Å². The predicted molar refractivity (Wildman–Crippen MR) is 77.5 cm³/mol. The molecule has 2 heteroatoms. The van der Waals surface area contributed by atoms with Crippen molar-refractivity contribution in [3.63, 3.8) is 0 Å². The molecule has 0 radical (unpaired) electrons. The highest BCUT2D eigenvalue weighted by molar-refractivity contribution is 5.94. The number of nitrogens with one attached hydrogen (secondary N) is 1. The average Bonchev–Trinajstić information content (AvgIpc) is 2.39. The minimum Gasteiger partial charge on any atom is -0.391 e. The van der Waals surface area contributed by atoms with Gasteiger partial charge in [0.05, 0.1) is 0 Å². The standard InChI is InChI=1S/C16H21NO/c1-5-16(17-4)10-9-12(2)14-7-6-8-15(11-14)13(3)18/h6-11,17H,5H2,1-4H3/b12-9-,16-10-. The number of carbonyl (C=O) groups is 1. The van der Waals surface area contributed by atoms with Crippen LogP contribution in [0.15, 0.2) is 42.1 Å². The van der Waals surface area contributed by atoms with Gasteiger partial charge in [-0.05, 0) is 43.5 Å². The molecule has 0 saturated heterocycles. The van der Waals surface area contributed by atoms with E-state index in [0.29, 0.717) is 0 Å². The van der Waals surface area contributed by atoms with Crippen LogP contribution in [0.1, 0.15) is 43.1 Å². The van der Waals surface area contributed by atoms with Gasteiger partial charge in [-0.1, -0.05) is 31.2 Å². The van der Waals surface area contributed by atoms with Crippen molar-refractivity contribution in [3.8, 4) is 0 Å². The lowest BCUT2D eigenvalue weighted by atomic mass is 10.0. The van der Waals surface area contributed by atoms with Crippen molar-refractivity contribution in [2.75, 3.05) is 7.05 Å². The molecule has 0 aromatic heterocycles. The van der Waals surface area contributed by atoms with Gasteiger partial charge in [0.15, 0.2) is 5.78 Å². The van der Waals surface area contributed by atoms with E-state index in [1.165, 1.54) is 5.70 Å². The second-order valence-electron chi connectivity index (χ2n) is 4.28. The Balaban J connectivity index is 3.00. The third kappa shape index (κ3) is 3.88. The second kappa shape index (κ2) is 6.80. The predicted octanol–water partition coefficient (Wildman–Crippen LogP) is 3.81. The van der Waals surface area contributed by atoms with E-state index >= 15 is 0 Å². The molecule has 96 valence electrons. The van der Waals surface area contributed by atoms with E-state index in [1.54, 1.807) is 6.92 Å². The summed E-state index contributed by atoms with van der Waals surface area (Å²) in [5.41, 5.74) is 4.19. The van der Waals surface area contributed by atoms with Gasteiger partial charge >= 0.3 is 0 Å². The Morgan fingerprint density at radius 2 is 1.89 bits per heavy atom. The summed E-state index contributed by atoms with van der Waals surface area (Å²) >= 11 is 0. The molecule has 0 spiro atoms. The molecule has 0 bridgehead atoms. The van der Waals surface area contributed by atoms with Gasteiger partial charge in [-0.3, -0.25) is 4.79 Å². The third-order valence-corrected chi connectivity index (χ3v) is 2.96. The van der Waals surface area contributed by atoms with Crippen molar-refractivity contribution in [1.82, 2.24) is 5.32 Å². The van der Waals surface area contributed by atoms with Crippen molar-refractivity contribution >= 4 is 11.4 Å². The zero-order valence-corrected chi connectivity index (χ0v) is 11.6. The topological polar surface area (TPSA) is 29.1 Å². The molecule has 18 heavy (non-hydrogen) atoms. The summed E-state index contributed by atoms with van der Waals surface area (Å²) < 4.78 is 0. The summed E-state index contributed by atoms with van der Waals surface area (Å²) in [5, 5.41) is 3.15. The van der Waals surface area contributed by atoms with Crippen LogP contribution in [0, 0.1) is 0 Å². The molecule has 0 aliphatic heterocycles. The summed E-state index contributed by atoms with van der Waals surface area (Å²) in [5.74, 6) is 0.102. The first kappa shape index (κ1) is 14.2. The summed E-state index contributed by atoms with van der Waals surface area (Å²) in [7, 11) is 1.93.